The van der Waals surface area contributed by atoms with E-state index in [1.165, 1.54) is 0 Å². The highest BCUT2D eigenvalue weighted by molar-refractivity contribution is 5.76. The van der Waals surface area contributed by atoms with Gasteiger partial charge in [0, 0.05) is 33.9 Å². The maximum Gasteiger partial charge on any atom is 0.229 e. The minimum atomic E-state index is -0.615. The molecule has 0 radical (unpaired) electrons. The van der Waals surface area contributed by atoms with E-state index in [1.54, 1.807) is 30.3 Å². The zero-order valence-corrected chi connectivity index (χ0v) is 13.8. The van der Waals surface area contributed by atoms with Crippen LogP contribution in [0.4, 0.5) is 38.9 Å². The van der Waals surface area contributed by atoms with Crippen LogP contribution >= 0.6 is 0 Å². The molecule has 7 nitrogen and oxygen atoms in total. The standard InChI is InChI=1S/C18H17FN6O/c19-13-8-22-18(23-10-3-1-2-9(20)6-10)25-17(13)24-15-7-14(21)11-4-5-12(15)16(11)26/h1-3,6-8,26H,4-5,20-21H2,(H2,22,23,24,25). The second-order valence-corrected chi connectivity index (χ2v) is 6.08. The zero-order chi connectivity index (χ0) is 18.3. The van der Waals surface area contributed by atoms with Crippen LogP contribution in [-0.4, -0.2) is 15.1 Å². The van der Waals surface area contributed by atoms with Gasteiger partial charge in [-0.15, -0.1) is 0 Å². The topological polar surface area (TPSA) is 122 Å². The Morgan fingerprint density at radius 1 is 1.08 bits per heavy atom. The number of phenolic OH excluding ortho intramolecular Hbond substituents is 1. The second-order valence-electron chi connectivity index (χ2n) is 6.08. The van der Waals surface area contributed by atoms with Gasteiger partial charge < -0.3 is 27.2 Å². The lowest BCUT2D eigenvalue weighted by Gasteiger charge is -2.13. The highest BCUT2D eigenvalue weighted by atomic mass is 19.1. The fraction of sp³-hybridized carbons (Fsp3) is 0.111. The number of nitrogen functional groups attached to an aromatic ring is 2. The monoisotopic (exact) mass is 352 g/mol. The van der Waals surface area contributed by atoms with E-state index in [1.807, 2.05) is 0 Å². The number of anilines is 6. The van der Waals surface area contributed by atoms with E-state index in [0.717, 1.165) is 11.8 Å². The molecule has 0 amide bonds. The molecule has 0 saturated heterocycles. The number of aromatic nitrogens is 2. The molecule has 7 N–H and O–H groups in total. The smallest absolute Gasteiger partial charge is 0.229 e. The second kappa shape index (κ2) is 6.07. The minimum absolute atomic E-state index is 0.0129. The molecule has 1 aliphatic carbocycles. The molecule has 0 atom stereocenters. The number of halogens is 1. The van der Waals surface area contributed by atoms with Gasteiger partial charge >= 0.3 is 0 Å². The number of hydrogen-bond acceptors (Lipinski definition) is 7. The Balaban J connectivity index is 1.64. The molecular weight excluding hydrogens is 335 g/mol. The van der Waals surface area contributed by atoms with E-state index in [2.05, 4.69) is 20.6 Å². The quantitative estimate of drug-likeness (QED) is 0.457. The van der Waals surface area contributed by atoms with E-state index in [-0.39, 0.29) is 17.5 Å². The third-order valence-electron chi connectivity index (χ3n) is 4.31. The van der Waals surface area contributed by atoms with Gasteiger partial charge in [-0.05, 0) is 37.1 Å². The normalized spacial score (nSPS) is 12.2. The van der Waals surface area contributed by atoms with Crippen molar-refractivity contribution in [3.8, 4) is 5.75 Å². The summed E-state index contributed by atoms with van der Waals surface area (Å²) >= 11 is 0. The van der Waals surface area contributed by atoms with Crippen molar-refractivity contribution < 1.29 is 9.50 Å². The SMILES string of the molecule is Nc1cccc(Nc2ncc(F)c(Nc3cc(N)c4c(O)c3CC4)n2)c1. The number of benzene rings is 2. The van der Waals surface area contributed by atoms with Gasteiger partial charge in [-0.25, -0.2) is 9.37 Å². The highest BCUT2D eigenvalue weighted by Crippen LogP contribution is 2.42. The van der Waals surface area contributed by atoms with Crippen molar-refractivity contribution in [2.24, 2.45) is 0 Å². The van der Waals surface area contributed by atoms with Gasteiger partial charge in [-0.3, -0.25) is 0 Å². The predicted molar refractivity (Wildman–Crippen MR) is 99.3 cm³/mol. The summed E-state index contributed by atoms with van der Waals surface area (Å²) in [7, 11) is 0. The molecule has 1 aliphatic rings. The molecule has 0 unspecified atom stereocenters. The summed E-state index contributed by atoms with van der Waals surface area (Å²) in [4.78, 5) is 8.11. The number of rotatable bonds is 4. The summed E-state index contributed by atoms with van der Waals surface area (Å²) in [5, 5.41) is 16.1. The van der Waals surface area contributed by atoms with Crippen molar-refractivity contribution >= 4 is 34.5 Å². The number of hydrogen-bond donors (Lipinski definition) is 5. The van der Waals surface area contributed by atoms with E-state index in [9.17, 15) is 9.50 Å². The predicted octanol–water partition coefficient (Wildman–Crippen LogP) is 3.07. The molecule has 1 aromatic heterocycles. The van der Waals surface area contributed by atoms with E-state index < -0.39 is 5.82 Å². The van der Waals surface area contributed by atoms with Gasteiger partial charge in [0.2, 0.25) is 5.95 Å². The summed E-state index contributed by atoms with van der Waals surface area (Å²) in [5.41, 5.74) is 15.4. The van der Waals surface area contributed by atoms with Crippen molar-refractivity contribution in [3.63, 3.8) is 0 Å². The molecule has 2 aromatic carbocycles. The molecule has 0 saturated carbocycles. The number of nitrogens with one attached hydrogen (secondary N) is 2. The average molecular weight is 352 g/mol. The molecule has 2 bridgehead atoms. The first-order valence-corrected chi connectivity index (χ1v) is 8.06. The molecule has 132 valence electrons. The largest absolute Gasteiger partial charge is 0.507 e. The van der Waals surface area contributed by atoms with E-state index in [0.29, 0.717) is 41.2 Å². The van der Waals surface area contributed by atoms with Crippen LogP contribution in [0, 0.1) is 5.82 Å². The molecule has 8 heteroatoms. The van der Waals surface area contributed by atoms with Crippen LogP contribution in [0.25, 0.3) is 0 Å². The summed E-state index contributed by atoms with van der Waals surface area (Å²) in [6, 6.07) is 8.75. The van der Waals surface area contributed by atoms with Crippen molar-refractivity contribution in [2.75, 3.05) is 22.1 Å². The highest BCUT2D eigenvalue weighted by Gasteiger charge is 2.23. The first-order valence-electron chi connectivity index (χ1n) is 8.06. The number of nitrogens with zero attached hydrogens (tertiary/aromatic N) is 2. The van der Waals surface area contributed by atoms with E-state index in [4.69, 9.17) is 11.5 Å². The van der Waals surface area contributed by atoms with Crippen molar-refractivity contribution in [2.45, 2.75) is 12.8 Å². The van der Waals surface area contributed by atoms with Crippen LogP contribution in [0.5, 0.6) is 5.75 Å². The van der Waals surface area contributed by atoms with Gasteiger partial charge in [0.15, 0.2) is 11.6 Å². The lowest BCUT2D eigenvalue weighted by atomic mass is 10.1. The molecule has 0 fully saturated rings. The molecule has 3 aromatic rings. The summed E-state index contributed by atoms with van der Waals surface area (Å²) in [6.45, 7) is 0. The fourth-order valence-corrected chi connectivity index (χ4v) is 3.04. The fourth-order valence-electron chi connectivity index (χ4n) is 3.04. The number of nitrogens with two attached hydrogens (primary N) is 2. The van der Waals surface area contributed by atoms with Gasteiger partial charge in [-0.2, -0.15) is 4.98 Å². The van der Waals surface area contributed by atoms with Gasteiger partial charge in [-0.1, -0.05) is 6.07 Å². The Morgan fingerprint density at radius 3 is 2.69 bits per heavy atom. The third kappa shape index (κ3) is 2.81. The molecule has 26 heavy (non-hydrogen) atoms. The van der Waals surface area contributed by atoms with Gasteiger partial charge in [0.1, 0.15) is 5.75 Å². The Hall–Kier alpha value is -3.55. The number of fused-ring (bicyclic) bond motifs is 2. The summed E-state index contributed by atoms with van der Waals surface area (Å²) in [5.74, 6) is -0.249. The Labute approximate surface area is 148 Å². The van der Waals surface area contributed by atoms with Crippen molar-refractivity contribution in [1.82, 2.24) is 9.97 Å². The van der Waals surface area contributed by atoms with Crippen LogP contribution in [0.1, 0.15) is 11.1 Å². The summed E-state index contributed by atoms with van der Waals surface area (Å²) in [6.07, 6.45) is 2.38. The van der Waals surface area contributed by atoms with Crippen molar-refractivity contribution in [3.05, 3.63) is 53.5 Å². The molecule has 0 spiro atoms. The van der Waals surface area contributed by atoms with Crippen LogP contribution in [0.15, 0.2) is 36.5 Å². The van der Waals surface area contributed by atoms with Crippen LogP contribution in [0.2, 0.25) is 0 Å². The maximum absolute atomic E-state index is 14.2. The lowest BCUT2D eigenvalue weighted by Crippen LogP contribution is -2.04. The Bertz CT molecular complexity index is 1010. The average Bonchev–Trinajstić information content (AvgIpc) is 2.90. The van der Waals surface area contributed by atoms with Gasteiger partial charge in [0.25, 0.3) is 0 Å². The number of phenols is 1. The van der Waals surface area contributed by atoms with Crippen LogP contribution in [-0.2, 0) is 12.8 Å². The first kappa shape index (κ1) is 15.9. The molecule has 1 heterocycles. The molecule has 0 aliphatic heterocycles. The van der Waals surface area contributed by atoms with Crippen LogP contribution < -0.4 is 22.1 Å². The number of aromatic hydroxyl groups is 1. The van der Waals surface area contributed by atoms with Gasteiger partial charge in [0.05, 0.1) is 6.20 Å². The lowest BCUT2D eigenvalue weighted by molar-refractivity contribution is 0.472. The molecular formula is C18H17FN6O. The zero-order valence-electron chi connectivity index (χ0n) is 13.8. The molecule has 4 rings (SSSR count). The Kier molecular flexibility index (Phi) is 3.72. The van der Waals surface area contributed by atoms with Crippen molar-refractivity contribution in [1.29, 1.82) is 0 Å². The van der Waals surface area contributed by atoms with Crippen LogP contribution in [0.3, 0.4) is 0 Å². The first-order chi connectivity index (χ1) is 12.5. The van der Waals surface area contributed by atoms with E-state index >= 15 is 0 Å². The summed E-state index contributed by atoms with van der Waals surface area (Å²) < 4.78 is 14.2. The minimum Gasteiger partial charge on any atom is -0.507 e. The maximum atomic E-state index is 14.2. The third-order valence-corrected chi connectivity index (χ3v) is 4.31. The Morgan fingerprint density at radius 2 is 1.88 bits per heavy atom.